The molecule has 2 N–H and O–H groups in total. The first-order valence-electron chi connectivity index (χ1n) is 2.13. The molecule has 0 saturated heterocycles. The van der Waals surface area contributed by atoms with Gasteiger partial charge in [-0.05, 0) is 6.92 Å². The Bertz CT molecular complexity index is 80.9. The Hall–Kier alpha value is 1.21. The Labute approximate surface area is 94.7 Å². The number of aliphatic hydroxyl groups is 1. The zero-order valence-electron chi connectivity index (χ0n) is 5.17. The van der Waals surface area contributed by atoms with E-state index in [1.807, 2.05) is 0 Å². The summed E-state index contributed by atoms with van der Waals surface area (Å²) >= 11 is 4.84. The molecule has 0 aliphatic heterocycles. The van der Waals surface area contributed by atoms with Gasteiger partial charge in [-0.1, -0.05) is 0 Å². The third-order valence-electron chi connectivity index (χ3n) is 0.417. The summed E-state index contributed by atoms with van der Waals surface area (Å²) in [5.41, 5.74) is 0. The van der Waals surface area contributed by atoms with E-state index in [1.54, 1.807) is 0 Å². The largest absolute Gasteiger partial charge is 0.521 e. The minimum atomic E-state index is -1.13. The van der Waals surface area contributed by atoms with Crippen molar-refractivity contribution in [1.29, 1.82) is 0 Å². The predicted octanol–water partition coefficient (Wildman–Crippen LogP) is -2.06. The van der Waals surface area contributed by atoms with Crippen LogP contribution in [0.1, 0.15) is 6.92 Å². The van der Waals surface area contributed by atoms with Gasteiger partial charge in [0.1, 0.15) is 18.0 Å². The SMILES string of the molecule is CC(O)C(=O)OCl.[NaH].[OH][AlH2]. The molecule has 0 aliphatic rings. The van der Waals surface area contributed by atoms with Crippen LogP contribution < -0.4 is 0 Å². The van der Waals surface area contributed by atoms with Gasteiger partial charge in [-0.3, -0.25) is 0 Å². The Morgan fingerprint density at radius 3 is 2.00 bits per heavy atom. The number of hydrogen-bond acceptors (Lipinski definition) is 4. The van der Waals surface area contributed by atoms with Crippen molar-refractivity contribution in [2.45, 2.75) is 13.0 Å². The second-order valence-electron chi connectivity index (χ2n) is 1.07. The fourth-order valence-corrected chi connectivity index (χ4v) is 0.193. The zero-order chi connectivity index (χ0) is 7.86. The van der Waals surface area contributed by atoms with E-state index in [0.717, 1.165) is 0 Å². The average molecular weight is 195 g/mol. The molecule has 7 heteroatoms. The molecule has 0 saturated carbocycles. The van der Waals surface area contributed by atoms with Crippen LogP contribution >= 0.6 is 11.9 Å². The monoisotopic (exact) mass is 194 g/mol. The molecule has 1 unspecified atom stereocenters. The van der Waals surface area contributed by atoms with E-state index >= 15 is 0 Å². The first-order chi connectivity index (χ1) is 4.18. The van der Waals surface area contributed by atoms with Gasteiger partial charge in [0.15, 0.2) is 0 Å². The van der Waals surface area contributed by atoms with Crippen molar-refractivity contribution in [1.82, 2.24) is 0 Å². The maximum atomic E-state index is 9.91. The van der Waals surface area contributed by atoms with E-state index in [2.05, 4.69) is 16.2 Å². The van der Waals surface area contributed by atoms with E-state index < -0.39 is 12.1 Å². The summed E-state index contributed by atoms with van der Waals surface area (Å²) < 4.78 is 10.7. The van der Waals surface area contributed by atoms with Gasteiger partial charge >= 0.3 is 52.2 Å². The van der Waals surface area contributed by atoms with Crippen LogP contribution in [0, 0.1) is 0 Å². The molecule has 0 fully saturated rings. The summed E-state index contributed by atoms with van der Waals surface area (Å²) in [5, 5.41) is 8.26. The summed E-state index contributed by atoms with van der Waals surface area (Å²) in [7, 11) is 0. The number of halogens is 1. The van der Waals surface area contributed by atoms with Crippen molar-refractivity contribution in [3.63, 3.8) is 0 Å². The zero-order valence-corrected chi connectivity index (χ0v) is 7.92. The van der Waals surface area contributed by atoms with Crippen LogP contribution in [-0.2, 0) is 9.08 Å². The maximum absolute atomic E-state index is 9.91. The Balaban J connectivity index is -0.000000149. The first kappa shape index (κ1) is 17.3. The molecule has 0 aliphatic carbocycles. The molecule has 4 nitrogen and oxygen atoms in total. The predicted molar refractivity (Wildman–Crippen MR) is 41.5 cm³/mol. The summed E-state index contributed by atoms with van der Waals surface area (Å²) in [4.78, 5) is 9.91. The van der Waals surface area contributed by atoms with Crippen molar-refractivity contribution in [3.8, 4) is 0 Å². The molecule has 0 radical (unpaired) electrons. The van der Waals surface area contributed by atoms with Gasteiger partial charge < -0.3 is 13.6 Å². The van der Waals surface area contributed by atoms with Gasteiger partial charge in [0.25, 0.3) is 0 Å². The standard InChI is InChI=1S/C3H5ClO3.Al.Na.H2O.3H/c1-2(5)3(6)7-4;;;;;;/h2,5H,1H3;;;1H2;;;/q;+1;;;;;/p-1. The van der Waals surface area contributed by atoms with E-state index in [0.29, 0.717) is 16.6 Å². The molecule has 0 bridgehead atoms. The van der Waals surface area contributed by atoms with E-state index in [4.69, 9.17) is 9.26 Å². The molecule has 0 spiro atoms. The minimum absolute atomic E-state index is 0. The van der Waals surface area contributed by atoms with E-state index in [9.17, 15) is 4.79 Å². The van der Waals surface area contributed by atoms with Crippen molar-refractivity contribution in [2.24, 2.45) is 0 Å². The molecule has 10 heavy (non-hydrogen) atoms. The third-order valence-corrected chi connectivity index (χ3v) is 0.569. The van der Waals surface area contributed by atoms with Crippen molar-refractivity contribution < 1.29 is 18.3 Å². The third kappa shape index (κ3) is 11.9. The Kier molecular flexibility index (Phi) is 22.3. The number of hydrogen-bond donors (Lipinski definition) is 2. The topological polar surface area (TPSA) is 66.8 Å². The fraction of sp³-hybridized carbons (Fsp3) is 0.667. The minimum Gasteiger partial charge on any atom is -0.521 e. The summed E-state index contributed by atoms with van der Waals surface area (Å²) in [5.74, 6) is -0.832. The van der Waals surface area contributed by atoms with Gasteiger partial charge in [-0.25, -0.2) is 4.79 Å². The summed E-state index contributed by atoms with van der Waals surface area (Å²) in [6, 6.07) is 0. The molecular weight excluding hydrogens is 185 g/mol. The fourth-order valence-electron chi connectivity index (χ4n) is 0.0645. The van der Waals surface area contributed by atoms with Crippen LogP contribution in [0.15, 0.2) is 0 Å². The Morgan fingerprint density at radius 2 is 2.00 bits per heavy atom. The van der Waals surface area contributed by atoms with Crippen LogP contribution in [0.25, 0.3) is 0 Å². The summed E-state index contributed by atoms with van der Waals surface area (Å²) in [6.45, 7) is 1.27. The molecular formula is C3H9AlClNaO4. The second-order valence-corrected chi connectivity index (χ2v) is 1.23. The number of aliphatic hydroxyl groups excluding tert-OH is 1. The Morgan fingerprint density at radius 1 is 1.70 bits per heavy atom. The van der Waals surface area contributed by atoms with Gasteiger partial charge in [0.05, 0.1) is 0 Å². The molecule has 0 rings (SSSR count). The normalized spacial score (nSPS) is 9.60. The van der Waals surface area contributed by atoms with E-state index in [1.165, 1.54) is 6.92 Å². The molecule has 1 atom stereocenters. The molecule has 0 aromatic carbocycles. The maximum Gasteiger partial charge on any atom is 0.407 e. The molecule has 0 aromatic heterocycles. The van der Waals surface area contributed by atoms with Crippen molar-refractivity contribution >= 4 is 64.0 Å². The molecule has 0 amide bonds. The molecule has 0 heterocycles. The van der Waals surface area contributed by atoms with Gasteiger partial charge in [0, 0.05) is 0 Å². The van der Waals surface area contributed by atoms with Gasteiger partial charge in [0.2, 0.25) is 0 Å². The second kappa shape index (κ2) is 12.9. The summed E-state index contributed by atoms with van der Waals surface area (Å²) in [6.07, 6.45) is -1.13. The average Bonchev–Trinajstić information content (AvgIpc) is 1.91. The molecule has 56 valence electrons. The quantitative estimate of drug-likeness (QED) is 0.471. The number of rotatable bonds is 1. The number of carbonyl (C=O) groups excluding carboxylic acids is 1. The number of carbonyl (C=O) groups is 1. The van der Waals surface area contributed by atoms with Gasteiger partial charge in [-0.2, -0.15) is 0 Å². The van der Waals surface area contributed by atoms with Crippen molar-refractivity contribution in [2.75, 3.05) is 0 Å². The first-order valence-corrected chi connectivity index (χ1v) is 3.34. The van der Waals surface area contributed by atoms with Crippen LogP contribution in [0.4, 0.5) is 0 Å². The molecule has 0 aromatic rings. The van der Waals surface area contributed by atoms with Crippen LogP contribution in [0.2, 0.25) is 0 Å². The smallest absolute Gasteiger partial charge is 0.407 e. The van der Waals surface area contributed by atoms with Gasteiger partial charge in [-0.15, -0.1) is 0 Å². The van der Waals surface area contributed by atoms with Crippen LogP contribution in [-0.4, -0.2) is 67.5 Å². The van der Waals surface area contributed by atoms with E-state index in [-0.39, 0.29) is 29.6 Å². The van der Waals surface area contributed by atoms with Crippen LogP contribution in [0.3, 0.4) is 0 Å². The van der Waals surface area contributed by atoms with Crippen molar-refractivity contribution in [3.05, 3.63) is 0 Å². The van der Waals surface area contributed by atoms with Crippen LogP contribution in [0.5, 0.6) is 0 Å².